The first-order valence-corrected chi connectivity index (χ1v) is 5.70. The molecule has 0 aliphatic carbocycles. The average molecular weight is 241 g/mol. The maximum Gasteiger partial charge on any atom is 0.266 e. The normalized spacial score (nSPS) is 11.4. The molecule has 7 heteroatoms. The zero-order valence-electron chi connectivity index (χ0n) is 8.84. The van der Waals surface area contributed by atoms with Crippen molar-refractivity contribution in [3.05, 3.63) is 23.8 Å². The lowest BCUT2D eigenvalue weighted by atomic mass is 10.2. The Morgan fingerprint density at radius 3 is 2.62 bits per heavy atom. The molecular formula is C9H11N3O3S. The summed E-state index contributed by atoms with van der Waals surface area (Å²) >= 11 is 0. The van der Waals surface area contributed by atoms with Gasteiger partial charge in [-0.2, -0.15) is 5.26 Å². The Morgan fingerprint density at radius 1 is 1.50 bits per heavy atom. The van der Waals surface area contributed by atoms with Crippen LogP contribution in [-0.2, 0) is 14.9 Å². The molecule has 16 heavy (non-hydrogen) atoms. The second-order valence-electron chi connectivity index (χ2n) is 2.96. The number of sulfonamides is 1. The number of nitriles is 1. The van der Waals surface area contributed by atoms with E-state index in [9.17, 15) is 8.42 Å². The molecule has 86 valence electrons. The van der Waals surface area contributed by atoms with Crippen LogP contribution < -0.4 is 5.73 Å². The van der Waals surface area contributed by atoms with Crippen molar-refractivity contribution in [3.8, 4) is 6.07 Å². The number of hydroxylamine groups is 1. The van der Waals surface area contributed by atoms with Crippen LogP contribution in [0.4, 0.5) is 5.69 Å². The topological polar surface area (TPSA) is 96.4 Å². The third-order valence-electron chi connectivity index (χ3n) is 2.00. The quantitative estimate of drug-likeness (QED) is 0.607. The van der Waals surface area contributed by atoms with Crippen LogP contribution in [0.1, 0.15) is 5.56 Å². The Kier molecular flexibility index (Phi) is 3.49. The van der Waals surface area contributed by atoms with Gasteiger partial charge in [0.25, 0.3) is 10.0 Å². The van der Waals surface area contributed by atoms with Gasteiger partial charge in [-0.05, 0) is 18.2 Å². The van der Waals surface area contributed by atoms with E-state index < -0.39 is 10.0 Å². The molecule has 0 unspecified atom stereocenters. The number of nitrogens with two attached hydrogens (primary N) is 1. The highest BCUT2D eigenvalue weighted by molar-refractivity contribution is 7.89. The molecule has 1 aromatic carbocycles. The van der Waals surface area contributed by atoms with E-state index in [1.807, 2.05) is 0 Å². The van der Waals surface area contributed by atoms with Crippen LogP contribution in [0.5, 0.6) is 0 Å². The largest absolute Gasteiger partial charge is 0.399 e. The van der Waals surface area contributed by atoms with Crippen molar-refractivity contribution in [2.75, 3.05) is 19.9 Å². The lowest BCUT2D eigenvalue weighted by Gasteiger charge is -2.14. The van der Waals surface area contributed by atoms with E-state index in [1.165, 1.54) is 32.4 Å². The number of nitrogen functional groups attached to an aromatic ring is 1. The molecule has 1 rings (SSSR count). The molecule has 0 saturated carbocycles. The fourth-order valence-corrected chi connectivity index (χ4v) is 2.19. The molecule has 2 N–H and O–H groups in total. The lowest BCUT2D eigenvalue weighted by Crippen LogP contribution is -2.26. The first kappa shape index (κ1) is 12.4. The Morgan fingerprint density at radius 2 is 2.12 bits per heavy atom. The molecule has 1 aromatic rings. The van der Waals surface area contributed by atoms with Gasteiger partial charge in [0, 0.05) is 12.7 Å². The molecule has 0 fully saturated rings. The highest BCUT2D eigenvalue weighted by Gasteiger charge is 2.24. The van der Waals surface area contributed by atoms with Crippen molar-refractivity contribution in [2.45, 2.75) is 4.90 Å². The first-order valence-electron chi connectivity index (χ1n) is 4.26. The van der Waals surface area contributed by atoms with Gasteiger partial charge in [0.05, 0.1) is 12.7 Å². The Bertz CT molecular complexity index is 533. The van der Waals surface area contributed by atoms with E-state index in [-0.39, 0.29) is 10.5 Å². The van der Waals surface area contributed by atoms with Crippen LogP contribution in [0.15, 0.2) is 23.1 Å². The molecule has 0 bridgehead atoms. The van der Waals surface area contributed by atoms with Crippen molar-refractivity contribution >= 4 is 15.7 Å². The molecule has 0 saturated heterocycles. The van der Waals surface area contributed by atoms with E-state index in [0.29, 0.717) is 10.2 Å². The van der Waals surface area contributed by atoms with Crippen molar-refractivity contribution in [3.63, 3.8) is 0 Å². The number of benzene rings is 1. The van der Waals surface area contributed by atoms with Crippen LogP contribution in [-0.4, -0.2) is 27.0 Å². The van der Waals surface area contributed by atoms with Gasteiger partial charge in [-0.3, -0.25) is 4.84 Å². The SMILES string of the molecule is CON(C)S(=O)(=O)c1ccc(N)cc1C#N. The smallest absolute Gasteiger partial charge is 0.266 e. The van der Waals surface area contributed by atoms with Crippen molar-refractivity contribution in [2.24, 2.45) is 0 Å². The number of anilines is 1. The van der Waals surface area contributed by atoms with Gasteiger partial charge < -0.3 is 5.73 Å². The third-order valence-corrected chi connectivity index (χ3v) is 3.74. The van der Waals surface area contributed by atoms with E-state index in [1.54, 1.807) is 6.07 Å². The van der Waals surface area contributed by atoms with E-state index in [0.717, 1.165) is 0 Å². The molecule has 0 amide bonds. The number of nitrogens with zero attached hydrogens (tertiary/aromatic N) is 2. The summed E-state index contributed by atoms with van der Waals surface area (Å²) < 4.78 is 24.4. The number of rotatable bonds is 3. The zero-order valence-corrected chi connectivity index (χ0v) is 9.65. The van der Waals surface area contributed by atoms with E-state index in [4.69, 9.17) is 11.0 Å². The van der Waals surface area contributed by atoms with Crippen LogP contribution in [0.2, 0.25) is 0 Å². The molecule has 0 radical (unpaired) electrons. The summed E-state index contributed by atoms with van der Waals surface area (Å²) in [5, 5.41) is 8.83. The minimum absolute atomic E-state index is 0.0103. The number of hydrogen-bond donors (Lipinski definition) is 1. The van der Waals surface area contributed by atoms with E-state index in [2.05, 4.69) is 4.84 Å². The van der Waals surface area contributed by atoms with Crippen LogP contribution in [0.3, 0.4) is 0 Å². The zero-order chi connectivity index (χ0) is 12.3. The Hall–Kier alpha value is -1.62. The number of hydrogen-bond acceptors (Lipinski definition) is 5. The highest BCUT2D eigenvalue weighted by atomic mass is 32.2. The lowest BCUT2D eigenvalue weighted by molar-refractivity contribution is -0.0258. The summed E-state index contributed by atoms with van der Waals surface area (Å²) in [5.41, 5.74) is 5.78. The van der Waals surface area contributed by atoms with E-state index >= 15 is 0 Å². The van der Waals surface area contributed by atoms with Crippen molar-refractivity contribution in [1.82, 2.24) is 4.47 Å². The van der Waals surface area contributed by atoms with Gasteiger partial charge in [-0.15, -0.1) is 0 Å². The monoisotopic (exact) mass is 241 g/mol. The molecule has 0 atom stereocenters. The van der Waals surface area contributed by atoms with Gasteiger partial charge in [-0.25, -0.2) is 8.42 Å². The Labute approximate surface area is 93.8 Å². The summed E-state index contributed by atoms with van der Waals surface area (Å²) in [5.74, 6) is 0. The summed E-state index contributed by atoms with van der Waals surface area (Å²) in [6.07, 6.45) is 0. The molecule has 6 nitrogen and oxygen atoms in total. The molecule has 0 heterocycles. The van der Waals surface area contributed by atoms with Gasteiger partial charge >= 0.3 is 0 Å². The fraction of sp³-hybridized carbons (Fsp3) is 0.222. The fourth-order valence-electron chi connectivity index (χ4n) is 1.10. The van der Waals surface area contributed by atoms with Crippen LogP contribution in [0, 0.1) is 11.3 Å². The minimum atomic E-state index is -3.82. The molecule has 0 spiro atoms. The first-order chi connectivity index (χ1) is 7.43. The van der Waals surface area contributed by atoms with Gasteiger partial charge in [0.1, 0.15) is 11.0 Å². The standard InChI is InChI=1S/C9H11N3O3S/c1-12(15-2)16(13,14)9-4-3-8(11)5-7(9)6-10/h3-5H,11H2,1-2H3. The predicted molar refractivity (Wildman–Crippen MR) is 57.5 cm³/mol. The maximum absolute atomic E-state index is 11.9. The summed E-state index contributed by atoms with van der Waals surface area (Å²) in [4.78, 5) is 4.47. The highest BCUT2D eigenvalue weighted by Crippen LogP contribution is 2.21. The second-order valence-corrected chi connectivity index (χ2v) is 4.87. The predicted octanol–water partition coefficient (Wildman–Crippen LogP) is 0.322. The molecular weight excluding hydrogens is 230 g/mol. The van der Waals surface area contributed by atoms with Gasteiger partial charge in [-0.1, -0.05) is 4.47 Å². The maximum atomic E-state index is 11.9. The minimum Gasteiger partial charge on any atom is -0.399 e. The summed E-state index contributed by atoms with van der Waals surface area (Å²) in [6.45, 7) is 0. The average Bonchev–Trinajstić information content (AvgIpc) is 2.27. The van der Waals surface area contributed by atoms with Crippen LogP contribution >= 0.6 is 0 Å². The Balaban J connectivity index is 3.41. The summed E-state index contributed by atoms with van der Waals surface area (Å²) in [6, 6.07) is 5.77. The molecule has 0 aliphatic heterocycles. The third kappa shape index (κ3) is 2.14. The van der Waals surface area contributed by atoms with Crippen molar-refractivity contribution in [1.29, 1.82) is 5.26 Å². The molecule has 0 aromatic heterocycles. The molecule has 0 aliphatic rings. The van der Waals surface area contributed by atoms with Crippen LogP contribution in [0.25, 0.3) is 0 Å². The van der Waals surface area contributed by atoms with Gasteiger partial charge in [0.15, 0.2) is 0 Å². The van der Waals surface area contributed by atoms with Gasteiger partial charge in [0.2, 0.25) is 0 Å². The van der Waals surface area contributed by atoms with Crippen molar-refractivity contribution < 1.29 is 13.3 Å². The second kappa shape index (κ2) is 4.49. The summed E-state index contributed by atoms with van der Waals surface area (Å²) in [7, 11) is -1.35.